The summed E-state index contributed by atoms with van der Waals surface area (Å²) in [5, 5.41) is 0. The molecule has 2 bridgehead atoms. The van der Waals surface area contributed by atoms with E-state index in [1.54, 1.807) is 6.08 Å². The summed E-state index contributed by atoms with van der Waals surface area (Å²) in [7, 11) is 0. The number of amides is 1. The summed E-state index contributed by atoms with van der Waals surface area (Å²) in [6.07, 6.45) is 4.54. The molecule has 5 nitrogen and oxygen atoms in total. The van der Waals surface area contributed by atoms with E-state index in [0.29, 0.717) is 6.42 Å². The average molecular weight is 329 g/mol. The lowest BCUT2D eigenvalue weighted by Gasteiger charge is -2.34. The molecule has 24 heavy (non-hydrogen) atoms. The summed E-state index contributed by atoms with van der Waals surface area (Å²) >= 11 is 0. The van der Waals surface area contributed by atoms with Gasteiger partial charge in [0, 0.05) is 0 Å². The van der Waals surface area contributed by atoms with E-state index in [2.05, 4.69) is 0 Å². The summed E-state index contributed by atoms with van der Waals surface area (Å²) in [6, 6.07) is 9.40. The molecule has 128 valence electrons. The molecule has 1 aromatic rings. The van der Waals surface area contributed by atoms with Crippen LogP contribution in [0.3, 0.4) is 0 Å². The number of hydrogen-bond donors (Lipinski definition) is 0. The Kier molecular flexibility index (Phi) is 4.11. The fraction of sp³-hybridized carbons (Fsp3) is 0.474. The van der Waals surface area contributed by atoms with E-state index in [1.165, 1.54) is 4.90 Å². The maximum atomic E-state index is 12.7. The largest absolute Gasteiger partial charge is 0.458 e. The van der Waals surface area contributed by atoms with Crippen LogP contribution in [0.5, 0.6) is 0 Å². The van der Waals surface area contributed by atoms with Crippen LogP contribution in [-0.4, -0.2) is 34.1 Å². The van der Waals surface area contributed by atoms with Gasteiger partial charge in [-0.25, -0.2) is 9.59 Å². The Hall–Kier alpha value is -2.30. The minimum atomic E-state index is -1.02. The predicted molar refractivity (Wildman–Crippen MR) is 89.2 cm³/mol. The molecule has 5 heteroatoms. The van der Waals surface area contributed by atoms with E-state index in [-0.39, 0.29) is 18.6 Å². The van der Waals surface area contributed by atoms with Crippen molar-refractivity contribution in [1.82, 2.24) is 4.90 Å². The summed E-state index contributed by atoms with van der Waals surface area (Å²) in [6.45, 7) is 5.66. The molecule has 2 aliphatic heterocycles. The van der Waals surface area contributed by atoms with Crippen molar-refractivity contribution in [2.24, 2.45) is 0 Å². The van der Waals surface area contributed by atoms with Crippen molar-refractivity contribution < 1.29 is 19.1 Å². The van der Waals surface area contributed by atoms with Gasteiger partial charge >= 0.3 is 12.1 Å². The number of ether oxygens (including phenoxy) is 2. The van der Waals surface area contributed by atoms with Gasteiger partial charge in [-0.15, -0.1) is 0 Å². The first-order valence-electron chi connectivity index (χ1n) is 8.25. The summed E-state index contributed by atoms with van der Waals surface area (Å²) in [4.78, 5) is 26.8. The molecule has 2 aliphatic rings. The molecule has 0 radical (unpaired) electrons. The molecule has 1 fully saturated rings. The molecule has 2 atom stereocenters. The Morgan fingerprint density at radius 3 is 2.54 bits per heavy atom. The van der Waals surface area contributed by atoms with E-state index in [9.17, 15) is 9.59 Å². The Bertz CT molecular complexity index is 662. The molecule has 2 heterocycles. The van der Waals surface area contributed by atoms with Crippen LogP contribution in [0, 0.1) is 0 Å². The summed E-state index contributed by atoms with van der Waals surface area (Å²) in [5.74, 6) is -0.386. The molecule has 1 amide bonds. The first kappa shape index (κ1) is 16.6. The lowest BCUT2D eigenvalue weighted by Crippen LogP contribution is -2.53. The van der Waals surface area contributed by atoms with Gasteiger partial charge in [0.25, 0.3) is 0 Å². The number of fused-ring (bicyclic) bond motifs is 2. The van der Waals surface area contributed by atoms with Crippen molar-refractivity contribution >= 4 is 12.1 Å². The molecule has 1 saturated heterocycles. The second-order valence-electron chi connectivity index (χ2n) is 7.30. The fourth-order valence-electron chi connectivity index (χ4n) is 3.25. The third-order valence-corrected chi connectivity index (χ3v) is 4.33. The quantitative estimate of drug-likeness (QED) is 0.630. The van der Waals surface area contributed by atoms with Gasteiger partial charge in [0.1, 0.15) is 12.2 Å². The smallest absolute Gasteiger partial charge is 0.411 e. The summed E-state index contributed by atoms with van der Waals surface area (Å²) < 4.78 is 11.0. The molecule has 2 unspecified atom stereocenters. The first-order valence-corrected chi connectivity index (χ1v) is 8.25. The van der Waals surface area contributed by atoms with E-state index in [1.807, 2.05) is 57.2 Å². The number of hydrogen-bond acceptors (Lipinski definition) is 4. The van der Waals surface area contributed by atoms with Gasteiger partial charge in [-0.3, -0.25) is 4.90 Å². The standard InChI is InChI=1S/C19H23NO4/c1-18(2,3)24-16(21)19-11-9-15(10-12-19)20(19)17(22)23-13-14-7-5-4-6-8-14/h4-9,11,15H,10,12-13H2,1-3H3. The van der Waals surface area contributed by atoms with E-state index < -0.39 is 17.2 Å². The fourth-order valence-corrected chi connectivity index (χ4v) is 3.25. The molecule has 0 saturated carbocycles. The third-order valence-electron chi connectivity index (χ3n) is 4.33. The number of benzene rings is 1. The predicted octanol–water partition coefficient (Wildman–Crippen LogP) is 3.44. The Morgan fingerprint density at radius 1 is 1.25 bits per heavy atom. The van der Waals surface area contributed by atoms with Crippen LogP contribution in [0.25, 0.3) is 0 Å². The van der Waals surface area contributed by atoms with Crippen molar-refractivity contribution in [2.45, 2.75) is 57.4 Å². The number of esters is 1. The maximum absolute atomic E-state index is 12.7. The van der Waals surface area contributed by atoms with Crippen LogP contribution in [-0.2, 0) is 20.9 Å². The van der Waals surface area contributed by atoms with Gasteiger partial charge in [-0.2, -0.15) is 0 Å². The van der Waals surface area contributed by atoms with Gasteiger partial charge in [0.2, 0.25) is 0 Å². The summed E-state index contributed by atoms with van der Waals surface area (Å²) in [5.41, 5.74) is -0.706. The lowest BCUT2D eigenvalue weighted by atomic mass is 9.93. The topological polar surface area (TPSA) is 55.8 Å². The van der Waals surface area contributed by atoms with Crippen LogP contribution in [0.4, 0.5) is 4.79 Å². The molecule has 3 rings (SSSR count). The zero-order valence-corrected chi connectivity index (χ0v) is 14.3. The van der Waals surface area contributed by atoms with E-state index in [0.717, 1.165) is 12.0 Å². The Labute approximate surface area is 142 Å². The van der Waals surface area contributed by atoms with Gasteiger partial charge in [-0.05, 0) is 45.3 Å². The van der Waals surface area contributed by atoms with Crippen molar-refractivity contribution in [3.8, 4) is 0 Å². The average Bonchev–Trinajstić information content (AvgIpc) is 3.09. The highest BCUT2D eigenvalue weighted by Crippen LogP contribution is 2.43. The third kappa shape index (κ3) is 3.03. The van der Waals surface area contributed by atoms with Crippen molar-refractivity contribution in [1.29, 1.82) is 0 Å². The Balaban J connectivity index is 1.72. The highest BCUT2D eigenvalue weighted by molar-refractivity contribution is 5.90. The molecule has 0 N–H and O–H groups in total. The monoisotopic (exact) mass is 329 g/mol. The minimum absolute atomic E-state index is 0.0965. The van der Waals surface area contributed by atoms with Gasteiger partial charge < -0.3 is 9.47 Å². The number of carbonyl (C=O) groups is 2. The minimum Gasteiger partial charge on any atom is -0.458 e. The van der Waals surface area contributed by atoms with Gasteiger partial charge in [0.15, 0.2) is 5.54 Å². The SMILES string of the molecule is CC(C)(C)OC(=O)C12C=CC(CC1)N2C(=O)OCc1ccccc1. The van der Waals surface area contributed by atoms with Crippen LogP contribution < -0.4 is 0 Å². The van der Waals surface area contributed by atoms with Crippen LogP contribution in [0.2, 0.25) is 0 Å². The second-order valence-corrected chi connectivity index (χ2v) is 7.30. The van der Waals surface area contributed by atoms with E-state index in [4.69, 9.17) is 9.47 Å². The normalized spacial score (nSPS) is 25.0. The molecular weight excluding hydrogens is 306 g/mol. The zero-order valence-electron chi connectivity index (χ0n) is 14.3. The molecular formula is C19H23NO4. The van der Waals surface area contributed by atoms with Gasteiger partial charge in [0.05, 0.1) is 6.04 Å². The number of rotatable bonds is 3. The molecule has 1 aromatic carbocycles. The van der Waals surface area contributed by atoms with Crippen molar-refractivity contribution in [3.05, 3.63) is 48.0 Å². The van der Waals surface area contributed by atoms with Crippen LogP contribution in [0.1, 0.15) is 39.2 Å². The molecule has 0 spiro atoms. The Morgan fingerprint density at radius 2 is 1.96 bits per heavy atom. The lowest BCUT2D eigenvalue weighted by molar-refractivity contribution is -0.164. The number of carbonyl (C=O) groups excluding carboxylic acids is 2. The maximum Gasteiger partial charge on any atom is 0.411 e. The highest BCUT2D eigenvalue weighted by atomic mass is 16.6. The number of nitrogens with zero attached hydrogens (tertiary/aromatic N) is 1. The van der Waals surface area contributed by atoms with Crippen LogP contribution in [0.15, 0.2) is 42.5 Å². The van der Waals surface area contributed by atoms with Crippen molar-refractivity contribution in [3.63, 3.8) is 0 Å². The van der Waals surface area contributed by atoms with E-state index >= 15 is 0 Å². The first-order chi connectivity index (χ1) is 11.3. The zero-order chi connectivity index (χ0) is 17.4. The van der Waals surface area contributed by atoms with Crippen LogP contribution >= 0.6 is 0 Å². The molecule has 0 aliphatic carbocycles. The van der Waals surface area contributed by atoms with Gasteiger partial charge in [-0.1, -0.05) is 36.4 Å². The molecule has 0 aromatic heterocycles. The second kappa shape index (κ2) is 5.96. The highest BCUT2D eigenvalue weighted by Gasteiger charge is 2.57. The van der Waals surface area contributed by atoms with Crippen molar-refractivity contribution in [2.75, 3.05) is 0 Å².